The first-order valence-corrected chi connectivity index (χ1v) is 10.3. The smallest absolute Gasteiger partial charge is 0.228 e. The first-order chi connectivity index (χ1) is 13.2. The fourth-order valence-electron chi connectivity index (χ4n) is 3.63. The number of nitrogens with one attached hydrogen (secondary N) is 1. The van der Waals surface area contributed by atoms with Gasteiger partial charge in [0.05, 0.1) is 28.3 Å². The van der Waals surface area contributed by atoms with Crippen LogP contribution in [0.4, 0.5) is 5.69 Å². The predicted octanol–water partition coefficient (Wildman–Crippen LogP) is 3.06. The van der Waals surface area contributed by atoms with E-state index in [2.05, 4.69) is 17.3 Å². The van der Waals surface area contributed by atoms with Crippen LogP contribution >= 0.6 is 11.3 Å². The zero-order valence-electron chi connectivity index (χ0n) is 15.6. The first-order valence-electron chi connectivity index (χ1n) is 9.50. The molecule has 2 unspecified atom stereocenters. The van der Waals surface area contributed by atoms with Gasteiger partial charge in [-0.15, -0.1) is 11.3 Å². The molecule has 0 spiro atoms. The second-order valence-corrected chi connectivity index (χ2v) is 8.08. The van der Waals surface area contributed by atoms with Gasteiger partial charge in [-0.05, 0) is 54.9 Å². The van der Waals surface area contributed by atoms with Crippen molar-refractivity contribution in [2.75, 3.05) is 11.6 Å². The van der Waals surface area contributed by atoms with Crippen LogP contribution in [0, 0.1) is 0 Å². The van der Waals surface area contributed by atoms with Crippen molar-refractivity contribution in [1.82, 2.24) is 10.4 Å². The molecule has 0 fully saturated rings. The summed E-state index contributed by atoms with van der Waals surface area (Å²) in [7, 11) is 0. The van der Waals surface area contributed by atoms with E-state index < -0.39 is 6.10 Å². The minimum Gasteiger partial charge on any atom is -0.391 e. The number of rotatable bonds is 9. The maximum atomic E-state index is 11.6. The standard InChI is InChI=1S/C20H27N3O3S/c1-2-14-5-8-19(26)17-7-6-15(10-18(14)17)23(13-25)22-9-3-4-20-21-11-16(12-24)27-20/h6-7,10-11,13-14,19,22,24,26H,2-5,8-9,12H2,1H3. The highest BCUT2D eigenvalue weighted by Crippen LogP contribution is 2.40. The summed E-state index contributed by atoms with van der Waals surface area (Å²) in [6, 6.07) is 5.86. The number of aromatic nitrogens is 1. The number of aliphatic hydroxyl groups excluding tert-OH is 2. The second kappa shape index (κ2) is 9.41. The fourth-order valence-corrected chi connectivity index (χ4v) is 4.45. The van der Waals surface area contributed by atoms with Gasteiger partial charge in [-0.3, -0.25) is 4.79 Å². The van der Waals surface area contributed by atoms with Crippen LogP contribution in [-0.4, -0.2) is 28.2 Å². The summed E-state index contributed by atoms with van der Waals surface area (Å²) < 4.78 is 0. The van der Waals surface area contributed by atoms with E-state index in [9.17, 15) is 9.90 Å². The third kappa shape index (κ3) is 4.73. The molecule has 0 saturated carbocycles. The summed E-state index contributed by atoms with van der Waals surface area (Å²) in [5.74, 6) is 0.433. The van der Waals surface area contributed by atoms with Crippen molar-refractivity contribution in [3.8, 4) is 0 Å². The maximum absolute atomic E-state index is 11.6. The van der Waals surface area contributed by atoms with Crippen molar-refractivity contribution in [2.45, 2.75) is 57.7 Å². The number of hydrogen-bond donors (Lipinski definition) is 3. The second-order valence-electron chi connectivity index (χ2n) is 6.88. The number of carbonyl (C=O) groups is 1. The minimum atomic E-state index is -0.406. The topological polar surface area (TPSA) is 85.7 Å². The van der Waals surface area contributed by atoms with Gasteiger partial charge in [-0.2, -0.15) is 0 Å². The fraction of sp³-hybridized carbons (Fsp3) is 0.500. The Morgan fingerprint density at radius 2 is 2.22 bits per heavy atom. The Morgan fingerprint density at radius 1 is 1.37 bits per heavy atom. The number of amides is 1. The van der Waals surface area contributed by atoms with E-state index in [1.807, 2.05) is 18.2 Å². The molecule has 146 valence electrons. The molecule has 0 radical (unpaired) electrons. The van der Waals surface area contributed by atoms with Crippen molar-refractivity contribution in [2.24, 2.45) is 0 Å². The summed E-state index contributed by atoms with van der Waals surface area (Å²) in [5, 5.41) is 21.8. The van der Waals surface area contributed by atoms with Gasteiger partial charge in [-0.1, -0.05) is 13.0 Å². The van der Waals surface area contributed by atoms with Gasteiger partial charge in [-0.25, -0.2) is 15.4 Å². The van der Waals surface area contributed by atoms with Crippen molar-refractivity contribution in [3.63, 3.8) is 0 Å². The molecule has 3 rings (SSSR count). The third-order valence-corrected chi connectivity index (χ3v) is 6.18. The Balaban J connectivity index is 1.61. The number of fused-ring (bicyclic) bond motifs is 1. The van der Waals surface area contributed by atoms with Gasteiger partial charge in [0, 0.05) is 19.2 Å². The SMILES string of the molecule is CCC1CCC(O)c2ccc(N(C=O)NCCCc3ncc(CO)s3)cc21. The average molecular weight is 390 g/mol. The highest BCUT2D eigenvalue weighted by atomic mass is 32.1. The van der Waals surface area contributed by atoms with Crippen LogP contribution in [-0.2, 0) is 17.8 Å². The molecule has 1 aromatic heterocycles. The lowest BCUT2D eigenvalue weighted by Crippen LogP contribution is -2.38. The van der Waals surface area contributed by atoms with Crippen LogP contribution in [0.25, 0.3) is 0 Å². The zero-order chi connectivity index (χ0) is 19.2. The summed E-state index contributed by atoms with van der Waals surface area (Å²) >= 11 is 1.52. The molecule has 0 saturated heterocycles. The molecule has 1 aromatic carbocycles. The normalized spacial score (nSPS) is 18.9. The van der Waals surface area contributed by atoms with Crippen molar-refractivity contribution in [3.05, 3.63) is 45.4 Å². The molecule has 1 heterocycles. The summed E-state index contributed by atoms with van der Waals surface area (Å²) in [4.78, 5) is 16.7. The molecule has 6 nitrogen and oxygen atoms in total. The van der Waals surface area contributed by atoms with E-state index in [0.29, 0.717) is 12.5 Å². The van der Waals surface area contributed by atoms with Crippen molar-refractivity contribution < 1.29 is 15.0 Å². The highest BCUT2D eigenvalue weighted by molar-refractivity contribution is 7.11. The number of aliphatic hydroxyl groups is 2. The van der Waals surface area contributed by atoms with Gasteiger partial charge in [0.2, 0.25) is 6.41 Å². The molecule has 2 atom stereocenters. The largest absolute Gasteiger partial charge is 0.391 e. The van der Waals surface area contributed by atoms with Gasteiger partial charge in [0.25, 0.3) is 0 Å². The lowest BCUT2D eigenvalue weighted by Gasteiger charge is -2.30. The molecule has 3 N–H and O–H groups in total. The van der Waals surface area contributed by atoms with E-state index in [4.69, 9.17) is 5.11 Å². The van der Waals surface area contributed by atoms with Crippen LogP contribution in [0.2, 0.25) is 0 Å². The Bertz CT molecular complexity index is 765. The summed E-state index contributed by atoms with van der Waals surface area (Å²) in [5.41, 5.74) is 6.10. The molecular weight excluding hydrogens is 362 g/mol. The number of carbonyl (C=O) groups excluding carboxylic acids is 1. The van der Waals surface area contributed by atoms with E-state index in [1.54, 1.807) is 6.20 Å². The van der Waals surface area contributed by atoms with E-state index in [1.165, 1.54) is 16.3 Å². The minimum absolute atomic E-state index is 0.0284. The molecule has 1 aliphatic rings. The number of hydrazine groups is 1. The number of anilines is 1. The Labute approximate surface area is 163 Å². The molecule has 7 heteroatoms. The zero-order valence-corrected chi connectivity index (χ0v) is 16.4. The molecular formula is C20H27N3O3S. The predicted molar refractivity (Wildman–Crippen MR) is 107 cm³/mol. The molecule has 0 bridgehead atoms. The molecule has 1 amide bonds. The number of aryl methyl sites for hydroxylation is 1. The Kier molecular flexibility index (Phi) is 6.95. The van der Waals surface area contributed by atoms with Gasteiger partial charge in [0.15, 0.2) is 0 Å². The Morgan fingerprint density at radius 3 is 2.93 bits per heavy atom. The third-order valence-electron chi connectivity index (χ3n) is 5.14. The summed E-state index contributed by atoms with van der Waals surface area (Å²) in [6.07, 6.45) is 6.54. The molecule has 2 aromatic rings. The average Bonchev–Trinajstić information content (AvgIpc) is 3.16. The number of benzene rings is 1. The maximum Gasteiger partial charge on any atom is 0.228 e. The van der Waals surface area contributed by atoms with Crippen LogP contribution in [0.15, 0.2) is 24.4 Å². The van der Waals surface area contributed by atoms with Gasteiger partial charge in [0.1, 0.15) is 0 Å². The van der Waals surface area contributed by atoms with Crippen LogP contribution in [0.5, 0.6) is 0 Å². The van der Waals surface area contributed by atoms with Crippen LogP contribution < -0.4 is 10.4 Å². The quantitative estimate of drug-likeness (QED) is 0.349. The van der Waals surface area contributed by atoms with Crippen LogP contribution in [0.1, 0.15) is 65.6 Å². The number of hydrogen-bond acceptors (Lipinski definition) is 6. The summed E-state index contributed by atoms with van der Waals surface area (Å²) in [6.45, 7) is 2.83. The van der Waals surface area contributed by atoms with Crippen LogP contribution in [0.3, 0.4) is 0 Å². The molecule has 0 aliphatic heterocycles. The molecule has 27 heavy (non-hydrogen) atoms. The lowest BCUT2D eigenvalue weighted by atomic mass is 9.80. The van der Waals surface area contributed by atoms with Gasteiger partial charge < -0.3 is 10.2 Å². The van der Waals surface area contributed by atoms with E-state index >= 15 is 0 Å². The molecule has 1 aliphatic carbocycles. The number of thiazole rings is 1. The Hall–Kier alpha value is -1.80. The van der Waals surface area contributed by atoms with Crippen molar-refractivity contribution in [1.29, 1.82) is 0 Å². The van der Waals surface area contributed by atoms with Gasteiger partial charge >= 0.3 is 0 Å². The van der Waals surface area contributed by atoms with Crippen molar-refractivity contribution >= 4 is 23.4 Å². The van der Waals surface area contributed by atoms with E-state index in [0.717, 1.165) is 65.2 Å². The lowest BCUT2D eigenvalue weighted by molar-refractivity contribution is -0.108. The monoisotopic (exact) mass is 389 g/mol. The highest BCUT2D eigenvalue weighted by Gasteiger charge is 2.25. The first kappa shape index (κ1) is 19.9. The number of nitrogens with zero attached hydrogens (tertiary/aromatic N) is 2. The van der Waals surface area contributed by atoms with E-state index in [-0.39, 0.29) is 6.61 Å².